The Kier molecular flexibility index (Phi) is 5.45. The highest BCUT2D eigenvalue weighted by Gasteiger charge is 2.54. The molecule has 194 valence electrons. The minimum Gasteiger partial charge on any atom is -0.354 e. The predicted molar refractivity (Wildman–Crippen MR) is 143 cm³/mol. The van der Waals surface area contributed by atoms with Crippen LogP contribution in [-0.4, -0.2) is 50.7 Å². The first kappa shape index (κ1) is 24.1. The maximum atomic E-state index is 15.4. The monoisotopic (exact) mass is 523 g/mol. The normalized spacial score (nSPS) is 18.8. The van der Waals surface area contributed by atoms with Crippen molar-refractivity contribution in [3.63, 3.8) is 0 Å². The topological polar surface area (TPSA) is 95.5 Å². The van der Waals surface area contributed by atoms with Crippen LogP contribution in [0.3, 0.4) is 0 Å². The average molecular weight is 524 g/mol. The second kappa shape index (κ2) is 8.37. The first-order valence-electron chi connectivity index (χ1n) is 12.8. The summed E-state index contributed by atoms with van der Waals surface area (Å²) in [4.78, 5) is 25.9. The summed E-state index contributed by atoms with van der Waals surface area (Å²) in [6.45, 7) is 3.77. The SMILES string of the molecule is CCCC1CN(c2ncc(-c3cc4c5c(cnc4cc3F)N(C)C(=O)C53CCC3)cc2NS(C)(=O)=O)C1. The largest absolute Gasteiger partial charge is 0.354 e. The van der Waals surface area contributed by atoms with Crippen molar-refractivity contribution in [2.45, 2.75) is 44.4 Å². The van der Waals surface area contributed by atoms with E-state index in [1.807, 2.05) is 4.90 Å². The van der Waals surface area contributed by atoms with Crippen LogP contribution in [0.4, 0.5) is 21.6 Å². The minimum absolute atomic E-state index is 0.0653. The highest BCUT2D eigenvalue weighted by Crippen LogP contribution is 2.55. The molecule has 8 nitrogen and oxygen atoms in total. The summed E-state index contributed by atoms with van der Waals surface area (Å²) in [5.74, 6) is 0.693. The fourth-order valence-electron chi connectivity index (χ4n) is 6.18. The van der Waals surface area contributed by atoms with E-state index in [0.717, 1.165) is 68.1 Å². The molecule has 2 aliphatic heterocycles. The van der Waals surface area contributed by atoms with Gasteiger partial charge in [0.05, 0.1) is 34.8 Å². The van der Waals surface area contributed by atoms with Gasteiger partial charge < -0.3 is 9.80 Å². The molecule has 0 radical (unpaired) electrons. The Morgan fingerprint density at radius 3 is 2.57 bits per heavy atom. The van der Waals surface area contributed by atoms with Crippen molar-refractivity contribution < 1.29 is 17.6 Å². The van der Waals surface area contributed by atoms with Crippen LogP contribution in [0.5, 0.6) is 0 Å². The van der Waals surface area contributed by atoms with Crippen molar-refractivity contribution in [1.82, 2.24) is 9.97 Å². The van der Waals surface area contributed by atoms with Gasteiger partial charge >= 0.3 is 0 Å². The van der Waals surface area contributed by atoms with Gasteiger partial charge in [-0.2, -0.15) is 0 Å². The molecule has 1 saturated carbocycles. The standard InChI is InChI=1S/C27H30FN5O3S/c1-4-6-16-14-33(15-16)25-22(31-37(3,35)36)9-17(12-30-25)18-10-19-21(11-20(18)28)29-13-23-24(19)27(7-5-8-27)26(34)32(23)2/h9-13,16,31H,4-8,14-15H2,1-3H3. The van der Waals surface area contributed by atoms with Gasteiger partial charge in [0.25, 0.3) is 0 Å². The molecule has 4 heterocycles. The molecule has 3 aromatic rings. The number of sulfonamides is 1. The van der Waals surface area contributed by atoms with E-state index >= 15 is 4.39 Å². The molecule has 1 aliphatic carbocycles. The maximum absolute atomic E-state index is 15.4. The van der Waals surface area contributed by atoms with E-state index in [1.165, 1.54) is 6.07 Å². The third-order valence-electron chi connectivity index (χ3n) is 8.12. The molecule has 1 amide bonds. The second-order valence-electron chi connectivity index (χ2n) is 10.7. The van der Waals surface area contributed by atoms with Crippen molar-refractivity contribution in [2.75, 3.05) is 40.9 Å². The molecule has 1 spiro atoms. The van der Waals surface area contributed by atoms with E-state index in [9.17, 15) is 13.2 Å². The van der Waals surface area contributed by atoms with Crippen molar-refractivity contribution in [1.29, 1.82) is 0 Å². The Balaban J connectivity index is 1.47. The molecule has 1 N–H and O–H groups in total. The summed E-state index contributed by atoms with van der Waals surface area (Å²) in [6, 6.07) is 4.78. The number of aromatic nitrogens is 2. The lowest BCUT2D eigenvalue weighted by Gasteiger charge is -2.41. The zero-order valence-corrected chi connectivity index (χ0v) is 22.0. The van der Waals surface area contributed by atoms with Gasteiger partial charge in [-0.3, -0.25) is 14.5 Å². The zero-order chi connectivity index (χ0) is 26.1. The van der Waals surface area contributed by atoms with Crippen LogP contribution in [-0.2, 0) is 20.2 Å². The van der Waals surface area contributed by atoms with E-state index in [-0.39, 0.29) is 5.91 Å². The number of fused-ring (bicyclic) bond motifs is 4. The third-order valence-corrected chi connectivity index (χ3v) is 8.72. The van der Waals surface area contributed by atoms with Gasteiger partial charge in [-0.1, -0.05) is 19.8 Å². The van der Waals surface area contributed by atoms with Crippen molar-refractivity contribution in [3.05, 3.63) is 42.0 Å². The van der Waals surface area contributed by atoms with Crippen LogP contribution in [0.2, 0.25) is 0 Å². The van der Waals surface area contributed by atoms with E-state index in [2.05, 4.69) is 21.6 Å². The van der Waals surface area contributed by atoms with Crippen LogP contribution in [0.1, 0.15) is 44.6 Å². The molecule has 6 rings (SSSR count). The number of carbonyl (C=O) groups is 1. The molecular formula is C27H30FN5O3S. The maximum Gasteiger partial charge on any atom is 0.237 e. The summed E-state index contributed by atoms with van der Waals surface area (Å²) in [5, 5.41) is 0.748. The van der Waals surface area contributed by atoms with E-state index in [4.69, 9.17) is 0 Å². The number of nitrogens with one attached hydrogen (secondary N) is 1. The quantitative estimate of drug-likeness (QED) is 0.513. The summed E-state index contributed by atoms with van der Waals surface area (Å²) in [6.07, 6.45) is 9.06. The Bertz CT molecular complexity index is 1550. The number of hydrogen-bond donors (Lipinski definition) is 1. The number of amides is 1. The Morgan fingerprint density at radius 2 is 1.92 bits per heavy atom. The highest BCUT2D eigenvalue weighted by atomic mass is 32.2. The van der Waals surface area contributed by atoms with E-state index in [1.54, 1.807) is 36.5 Å². The van der Waals surface area contributed by atoms with Gasteiger partial charge in [0.2, 0.25) is 15.9 Å². The number of anilines is 3. The fraction of sp³-hybridized carbons (Fsp3) is 0.444. The number of likely N-dealkylation sites (N-methyl/N-ethyl adjacent to an activating group) is 1. The number of rotatable bonds is 6. The first-order valence-corrected chi connectivity index (χ1v) is 14.6. The van der Waals surface area contributed by atoms with Gasteiger partial charge in [-0.25, -0.2) is 17.8 Å². The molecule has 0 bridgehead atoms. The highest BCUT2D eigenvalue weighted by molar-refractivity contribution is 7.92. The zero-order valence-electron chi connectivity index (χ0n) is 21.2. The molecule has 0 unspecified atom stereocenters. The molecule has 1 aromatic carbocycles. The molecule has 2 aromatic heterocycles. The second-order valence-corrected chi connectivity index (χ2v) is 12.4. The van der Waals surface area contributed by atoms with Crippen LogP contribution in [0.15, 0.2) is 30.6 Å². The van der Waals surface area contributed by atoms with Crippen LogP contribution < -0.4 is 14.5 Å². The molecule has 2 fully saturated rings. The average Bonchev–Trinajstić information content (AvgIpc) is 3.02. The van der Waals surface area contributed by atoms with Crippen molar-refractivity contribution in [3.8, 4) is 11.1 Å². The van der Waals surface area contributed by atoms with Gasteiger partial charge in [0.15, 0.2) is 5.82 Å². The Hall–Kier alpha value is -3.27. The third kappa shape index (κ3) is 3.75. The number of carbonyl (C=O) groups excluding carboxylic acids is 1. The summed E-state index contributed by atoms with van der Waals surface area (Å²) in [5.41, 5.74) is 2.69. The van der Waals surface area contributed by atoms with E-state index in [0.29, 0.717) is 34.1 Å². The van der Waals surface area contributed by atoms with Gasteiger partial charge in [0, 0.05) is 54.5 Å². The number of hydrogen-bond acceptors (Lipinski definition) is 6. The van der Waals surface area contributed by atoms with Crippen molar-refractivity contribution in [2.24, 2.45) is 5.92 Å². The molecule has 0 atom stereocenters. The van der Waals surface area contributed by atoms with E-state index < -0.39 is 21.3 Å². The van der Waals surface area contributed by atoms with Gasteiger partial charge in [-0.15, -0.1) is 0 Å². The Morgan fingerprint density at radius 1 is 1.16 bits per heavy atom. The molecular weight excluding hydrogens is 493 g/mol. The molecule has 10 heteroatoms. The Labute approximate surface area is 215 Å². The van der Waals surface area contributed by atoms with Crippen LogP contribution in [0.25, 0.3) is 22.0 Å². The van der Waals surface area contributed by atoms with Gasteiger partial charge in [-0.05, 0) is 37.3 Å². The fourth-order valence-corrected chi connectivity index (χ4v) is 6.73. The van der Waals surface area contributed by atoms with Crippen LogP contribution >= 0.6 is 0 Å². The number of halogens is 1. The lowest BCUT2D eigenvalue weighted by atomic mass is 9.64. The predicted octanol–water partition coefficient (Wildman–Crippen LogP) is 4.44. The molecule has 1 saturated heterocycles. The minimum atomic E-state index is -3.58. The lowest BCUT2D eigenvalue weighted by molar-refractivity contribution is -0.125. The molecule has 37 heavy (non-hydrogen) atoms. The lowest BCUT2D eigenvalue weighted by Crippen LogP contribution is -2.47. The van der Waals surface area contributed by atoms with Crippen molar-refractivity contribution >= 4 is 44.0 Å². The van der Waals surface area contributed by atoms with Gasteiger partial charge in [0.1, 0.15) is 5.82 Å². The summed E-state index contributed by atoms with van der Waals surface area (Å²) in [7, 11) is -1.82. The number of benzene rings is 1. The summed E-state index contributed by atoms with van der Waals surface area (Å²) < 4.78 is 42.4. The summed E-state index contributed by atoms with van der Waals surface area (Å²) >= 11 is 0. The van der Waals surface area contributed by atoms with Crippen LogP contribution in [0, 0.1) is 11.7 Å². The number of nitrogens with zero attached hydrogens (tertiary/aromatic N) is 4. The number of pyridine rings is 2. The molecule has 3 aliphatic rings. The first-order chi connectivity index (χ1) is 17.6. The smallest absolute Gasteiger partial charge is 0.237 e.